The molecule has 0 saturated heterocycles. The van der Waals surface area contributed by atoms with E-state index in [0.29, 0.717) is 5.75 Å². The Morgan fingerprint density at radius 1 is 1.19 bits per heavy atom. The van der Waals surface area contributed by atoms with Crippen molar-refractivity contribution < 1.29 is 13.2 Å². The van der Waals surface area contributed by atoms with Crippen molar-refractivity contribution in [2.45, 2.75) is 17.9 Å². The monoisotopic (exact) mass is 308 g/mol. The lowest BCUT2D eigenvalue weighted by molar-refractivity contribution is 0.414. The van der Waals surface area contributed by atoms with Crippen LogP contribution in [0.4, 0.5) is 0 Å². The van der Waals surface area contributed by atoms with E-state index in [1.807, 2.05) is 0 Å². The van der Waals surface area contributed by atoms with Gasteiger partial charge in [-0.15, -0.1) is 0 Å². The minimum absolute atomic E-state index is 0.301. The summed E-state index contributed by atoms with van der Waals surface area (Å²) in [5.74, 6) is 0.688. The Morgan fingerprint density at radius 2 is 1.86 bits per heavy atom. The van der Waals surface area contributed by atoms with Gasteiger partial charge >= 0.3 is 0 Å². The van der Waals surface area contributed by atoms with Gasteiger partial charge in [-0.3, -0.25) is 4.79 Å². The summed E-state index contributed by atoms with van der Waals surface area (Å²) < 4.78 is 31.9. The molecule has 7 heteroatoms. The van der Waals surface area contributed by atoms with Crippen molar-refractivity contribution in [3.63, 3.8) is 0 Å². The van der Waals surface area contributed by atoms with Crippen molar-refractivity contribution in [1.29, 1.82) is 0 Å². The van der Waals surface area contributed by atoms with Gasteiger partial charge in [-0.1, -0.05) is 12.1 Å². The van der Waals surface area contributed by atoms with Crippen LogP contribution in [0.5, 0.6) is 5.75 Å². The van der Waals surface area contributed by atoms with E-state index in [1.165, 1.54) is 18.5 Å². The number of sulfonamides is 1. The zero-order valence-electron chi connectivity index (χ0n) is 11.7. The number of pyridine rings is 1. The highest BCUT2D eigenvalue weighted by Gasteiger charge is 2.21. The van der Waals surface area contributed by atoms with Gasteiger partial charge in [0.2, 0.25) is 15.5 Å². The van der Waals surface area contributed by atoms with Gasteiger partial charge in [0.05, 0.1) is 7.11 Å². The number of ether oxygens (including phenoxy) is 1. The molecule has 0 aliphatic carbocycles. The Hall–Kier alpha value is -2.12. The second kappa shape index (κ2) is 6.11. The summed E-state index contributed by atoms with van der Waals surface area (Å²) in [5.41, 5.74) is 0.218. The highest BCUT2D eigenvalue weighted by atomic mass is 32.2. The molecule has 6 nitrogen and oxygen atoms in total. The number of nitrogens with one attached hydrogen (secondary N) is 2. The summed E-state index contributed by atoms with van der Waals surface area (Å²) in [6, 6.07) is 7.72. The Labute approximate surface area is 122 Å². The fourth-order valence-electron chi connectivity index (χ4n) is 1.87. The van der Waals surface area contributed by atoms with E-state index in [9.17, 15) is 13.2 Å². The molecule has 0 aliphatic rings. The van der Waals surface area contributed by atoms with E-state index in [0.717, 1.165) is 5.56 Å². The molecule has 112 valence electrons. The molecule has 0 bridgehead atoms. The van der Waals surface area contributed by atoms with Crippen molar-refractivity contribution in [3.8, 4) is 5.75 Å². The molecule has 21 heavy (non-hydrogen) atoms. The molecule has 1 aromatic carbocycles. The first-order valence-corrected chi connectivity index (χ1v) is 7.76. The number of rotatable bonds is 5. The topological polar surface area (TPSA) is 88.3 Å². The van der Waals surface area contributed by atoms with Gasteiger partial charge in [0, 0.05) is 24.5 Å². The maximum Gasteiger partial charge on any atom is 0.246 e. The molecule has 1 aromatic heterocycles. The lowest BCUT2D eigenvalue weighted by atomic mass is 10.1. The Morgan fingerprint density at radius 3 is 2.43 bits per heavy atom. The average molecular weight is 308 g/mol. The number of aromatic amines is 1. The molecule has 0 saturated carbocycles. The molecule has 2 rings (SSSR count). The number of H-pyrrole nitrogens is 1. The van der Waals surface area contributed by atoms with Crippen LogP contribution in [0.1, 0.15) is 18.5 Å². The van der Waals surface area contributed by atoms with E-state index >= 15 is 0 Å². The molecule has 1 unspecified atom stereocenters. The van der Waals surface area contributed by atoms with Crippen LogP contribution in [0.3, 0.4) is 0 Å². The first kappa shape index (κ1) is 15.3. The third kappa shape index (κ3) is 3.50. The van der Waals surface area contributed by atoms with Crippen LogP contribution >= 0.6 is 0 Å². The Kier molecular flexibility index (Phi) is 4.44. The Bertz CT molecular complexity index is 766. The Balaban J connectivity index is 2.23. The average Bonchev–Trinajstić information content (AvgIpc) is 2.47. The summed E-state index contributed by atoms with van der Waals surface area (Å²) in [5, 5.41) is 0. The van der Waals surface area contributed by atoms with Gasteiger partial charge in [0.15, 0.2) is 0 Å². The maximum atomic E-state index is 12.2. The molecular weight excluding hydrogens is 292 g/mol. The lowest BCUT2D eigenvalue weighted by Gasteiger charge is -2.14. The summed E-state index contributed by atoms with van der Waals surface area (Å²) in [6.45, 7) is 1.70. The van der Waals surface area contributed by atoms with Crippen LogP contribution in [-0.2, 0) is 10.0 Å². The largest absolute Gasteiger partial charge is 0.497 e. The first-order valence-electron chi connectivity index (χ1n) is 6.27. The zero-order valence-corrected chi connectivity index (χ0v) is 12.5. The van der Waals surface area contributed by atoms with Crippen LogP contribution in [0.2, 0.25) is 0 Å². The van der Waals surface area contributed by atoms with Crippen LogP contribution in [0.25, 0.3) is 0 Å². The van der Waals surface area contributed by atoms with Gasteiger partial charge < -0.3 is 9.72 Å². The van der Waals surface area contributed by atoms with Gasteiger partial charge in [-0.2, -0.15) is 0 Å². The van der Waals surface area contributed by atoms with E-state index < -0.39 is 21.5 Å². The predicted octanol–water partition coefficient (Wildman–Crippen LogP) is 1.42. The van der Waals surface area contributed by atoms with E-state index in [2.05, 4.69) is 9.71 Å². The molecular formula is C14H16N2O4S. The number of aromatic nitrogens is 1. The SMILES string of the molecule is COc1ccc(C(C)NS(=O)(=O)c2c[nH]ccc2=O)cc1. The maximum absolute atomic E-state index is 12.2. The fraction of sp³-hybridized carbons (Fsp3) is 0.214. The highest BCUT2D eigenvalue weighted by Crippen LogP contribution is 2.18. The summed E-state index contributed by atoms with van der Waals surface area (Å²) >= 11 is 0. The molecule has 1 atom stereocenters. The minimum atomic E-state index is -3.88. The number of hydrogen-bond donors (Lipinski definition) is 2. The van der Waals surface area contributed by atoms with Crippen LogP contribution in [0.15, 0.2) is 52.4 Å². The molecule has 1 heterocycles. The quantitative estimate of drug-likeness (QED) is 0.874. The molecule has 0 fully saturated rings. The minimum Gasteiger partial charge on any atom is -0.497 e. The van der Waals surface area contributed by atoms with Gasteiger partial charge in [-0.05, 0) is 24.6 Å². The zero-order chi connectivity index (χ0) is 15.5. The van der Waals surface area contributed by atoms with Crippen molar-refractivity contribution in [2.75, 3.05) is 7.11 Å². The van der Waals surface area contributed by atoms with E-state index in [1.54, 1.807) is 38.3 Å². The lowest BCUT2D eigenvalue weighted by Crippen LogP contribution is -2.30. The standard InChI is InChI=1S/C14H16N2O4S/c1-10(11-3-5-12(20-2)6-4-11)16-21(18,19)14-9-15-8-7-13(14)17/h3-10,16H,1-2H3,(H,15,17). The van der Waals surface area contributed by atoms with Crippen LogP contribution in [-0.4, -0.2) is 20.5 Å². The normalized spacial score (nSPS) is 12.9. The van der Waals surface area contributed by atoms with Gasteiger partial charge in [0.1, 0.15) is 10.6 Å². The molecule has 0 radical (unpaired) electrons. The van der Waals surface area contributed by atoms with Crippen molar-refractivity contribution >= 4 is 10.0 Å². The van der Waals surface area contributed by atoms with Crippen LogP contribution < -0.4 is 14.9 Å². The number of benzene rings is 1. The number of hydrogen-bond acceptors (Lipinski definition) is 4. The molecule has 0 spiro atoms. The van der Waals surface area contributed by atoms with Gasteiger partial charge in [0.25, 0.3) is 0 Å². The summed E-state index contributed by atoms with van der Waals surface area (Å²) in [7, 11) is -2.32. The molecule has 0 amide bonds. The van der Waals surface area contributed by atoms with E-state index in [4.69, 9.17) is 4.74 Å². The third-order valence-electron chi connectivity index (χ3n) is 3.03. The second-order valence-electron chi connectivity index (χ2n) is 4.49. The first-order chi connectivity index (χ1) is 9.94. The third-order valence-corrected chi connectivity index (χ3v) is 4.59. The molecule has 2 N–H and O–H groups in total. The van der Waals surface area contributed by atoms with Crippen molar-refractivity contribution in [1.82, 2.24) is 9.71 Å². The predicted molar refractivity (Wildman–Crippen MR) is 78.8 cm³/mol. The van der Waals surface area contributed by atoms with Crippen molar-refractivity contribution in [2.24, 2.45) is 0 Å². The summed E-state index contributed by atoms with van der Waals surface area (Å²) in [6.07, 6.45) is 2.56. The van der Waals surface area contributed by atoms with Crippen LogP contribution in [0, 0.1) is 0 Å². The van der Waals surface area contributed by atoms with Gasteiger partial charge in [-0.25, -0.2) is 13.1 Å². The van der Waals surface area contributed by atoms with Crippen molar-refractivity contribution in [3.05, 3.63) is 58.5 Å². The summed E-state index contributed by atoms with van der Waals surface area (Å²) in [4.78, 5) is 13.9. The second-order valence-corrected chi connectivity index (χ2v) is 6.17. The molecule has 0 aliphatic heterocycles. The fourth-order valence-corrected chi connectivity index (χ4v) is 3.15. The molecule has 2 aromatic rings. The van der Waals surface area contributed by atoms with E-state index in [-0.39, 0.29) is 4.90 Å². The highest BCUT2D eigenvalue weighted by molar-refractivity contribution is 7.89. The smallest absolute Gasteiger partial charge is 0.246 e. The number of methoxy groups -OCH3 is 1.